The fourth-order valence-electron chi connectivity index (χ4n) is 1.47. The third-order valence-corrected chi connectivity index (χ3v) is 3.52. The molecule has 106 valence electrons. The minimum absolute atomic E-state index is 0.243. The predicted molar refractivity (Wildman–Crippen MR) is 74.3 cm³/mol. The lowest BCUT2D eigenvalue weighted by Gasteiger charge is -2.07. The van der Waals surface area contributed by atoms with Gasteiger partial charge in [-0.3, -0.25) is 4.79 Å². The van der Waals surface area contributed by atoms with Crippen LogP contribution in [0.4, 0.5) is 0 Å². The molecule has 0 unspecified atom stereocenters. The summed E-state index contributed by atoms with van der Waals surface area (Å²) in [5.41, 5.74) is 0.646. The Hall–Kier alpha value is -1.43. The molecule has 1 aromatic rings. The first kappa shape index (κ1) is 15.6. The highest BCUT2D eigenvalue weighted by molar-refractivity contribution is 7.13. The Labute approximate surface area is 117 Å². The van der Waals surface area contributed by atoms with Crippen molar-refractivity contribution in [3.63, 3.8) is 0 Å². The molecule has 1 heterocycles. The van der Waals surface area contributed by atoms with Crippen LogP contribution in [0.2, 0.25) is 0 Å². The van der Waals surface area contributed by atoms with Gasteiger partial charge in [-0.15, -0.1) is 11.3 Å². The molecule has 0 aliphatic rings. The third kappa shape index (κ3) is 5.38. The highest BCUT2D eigenvalue weighted by Gasteiger charge is 2.16. The molecule has 0 saturated heterocycles. The van der Waals surface area contributed by atoms with E-state index in [2.05, 4.69) is 24.1 Å². The lowest BCUT2D eigenvalue weighted by molar-refractivity contribution is -0.124. The standard InChI is InChI=1S/C13H20N2O3S/c1-8(2)5-6-14-11(16)7-18-13(17)12-9(3)15-10(4)19-12/h8H,5-7H2,1-4H3,(H,14,16). The van der Waals surface area contributed by atoms with Crippen molar-refractivity contribution in [2.24, 2.45) is 5.92 Å². The first-order valence-corrected chi connectivity index (χ1v) is 7.09. The summed E-state index contributed by atoms with van der Waals surface area (Å²) in [5, 5.41) is 3.52. The summed E-state index contributed by atoms with van der Waals surface area (Å²) in [7, 11) is 0. The number of nitrogens with zero attached hydrogens (tertiary/aromatic N) is 1. The van der Waals surface area contributed by atoms with Gasteiger partial charge in [0, 0.05) is 6.54 Å². The largest absolute Gasteiger partial charge is 0.451 e. The molecule has 0 spiro atoms. The van der Waals surface area contributed by atoms with Crippen LogP contribution >= 0.6 is 11.3 Å². The van der Waals surface area contributed by atoms with Gasteiger partial charge in [-0.1, -0.05) is 13.8 Å². The highest BCUT2D eigenvalue weighted by atomic mass is 32.1. The smallest absolute Gasteiger partial charge is 0.350 e. The molecule has 5 nitrogen and oxygen atoms in total. The van der Waals surface area contributed by atoms with Crippen LogP contribution in [0.1, 0.15) is 40.6 Å². The van der Waals surface area contributed by atoms with Crippen molar-refractivity contribution in [2.45, 2.75) is 34.1 Å². The summed E-state index contributed by atoms with van der Waals surface area (Å²) in [6, 6.07) is 0. The van der Waals surface area contributed by atoms with E-state index in [1.54, 1.807) is 6.92 Å². The molecule has 0 bridgehead atoms. The summed E-state index contributed by atoms with van der Waals surface area (Å²) in [6.45, 7) is 8.11. The quantitative estimate of drug-likeness (QED) is 0.812. The summed E-state index contributed by atoms with van der Waals surface area (Å²) in [6.07, 6.45) is 0.910. The minimum atomic E-state index is -0.484. The van der Waals surface area contributed by atoms with Crippen LogP contribution in [0.25, 0.3) is 0 Å². The van der Waals surface area contributed by atoms with Crippen molar-refractivity contribution in [1.29, 1.82) is 0 Å². The maximum absolute atomic E-state index is 11.7. The molecular formula is C13H20N2O3S. The van der Waals surface area contributed by atoms with Crippen LogP contribution in [-0.4, -0.2) is 30.0 Å². The first-order valence-electron chi connectivity index (χ1n) is 6.28. The van der Waals surface area contributed by atoms with Gasteiger partial charge >= 0.3 is 5.97 Å². The molecule has 1 rings (SSSR count). The number of thiazole rings is 1. The number of nitrogens with one attached hydrogen (secondary N) is 1. The number of carbonyl (C=O) groups excluding carboxylic acids is 2. The van der Waals surface area contributed by atoms with Crippen molar-refractivity contribution < 1.29 is 14.3 Å². The number of carbonyl (C=O) groups is 2. The molecule has 19 heavy (non-hydrogen) atoms. The average Bonchev–Trinajstić information content (AvgIpc) is 2.65. The maximum Gasteiger partial charge on any atom is 0.350 e. The molecule has 1 N–H and O–H groups in total. The van der Waals surface area contributed by atoms with E-state index in [4.69, 9.17) is 4.74 Å². The molecule has 1 aromatic heterocycles. The van der Waals surface area contributed by atoms with E-state index in [1.807, 2.05) is 6.92 Å². The monoisotopic (exact) mass is 284 g/mol. The maximum atomic E-state index is 11.7. The Morgan fingerprint density at radius 2 is 2.05 bits per heavy atom. The van der Waals surface area contributed by atoms with E-state index in [0.717, 1.165) is 11.4 Å². The number of rotatable bonds is 6. The molecule has 1 amide bonds. The number of esters is 1. The SMILES string of the molecule is Cc1nc(C)c(C(=O)OCC(=O)NCCC(C)C)s1. The zero-order chi connectivity index (χ0) is 14.4. The Kier molecular flexibility index (Phi) is 5.95. The van der Waals surface area contributed by atoms with Crippen LogP contribution < -0.4 is 5.32 Å². The molecule has 0 saturated carbocycles. The average molecular weight is 284 g/mol. The van der Waals surface area contributed by atoms with Gasteiger partial charge in [0.25, 0.3) is 5.91 Å². The normalized spacial score (nSPS) is 10.6. The van der Waals surface area contributed by atoms with Gasteiger partial charge in [0.2, 0.25) is 0 Å². The summed E-state index contributed by atoms with van der Waals surface area (Å²) >= 11 is 1.28. The van der Waals surface area contributed by atoms with Crippen LogP contribution in [0, 0.1) is 19.8 Å². The number of amides is 1. The van der Waals surface area contributed by atoms with Gasteiger partial charge in [0.1, 0.15) is 4.88 Å². The molecular weight excluding hydrogens is 264 g/mol. The van der Waals surface area contributed by atoms with Crippen LogP contribution in [-0.2, 0) is 9.53 Å². The van der Waals surface area contributed by atoms with E-state index in [-0.39, 0.29) is 12.5 Å². The molecule has 0 aromatic carbocycles. The molecule has 0 radical (unpaired) electrons. The van der Waals surface area contributed by atoms with Gasteiger partial charge in [-0.25, -0.2) is 9.78 Å². The van der Waals surface area contributed by atoms with E-state index >= 15 is 0 Å². The predicted octanol–water partition coefficient (Wildman–Crippen LogP) is 2.08. The highest BCUT2D eigenvalue weighted by Crippen LogP contribution is 2.17. The zero-order valence-corrected chi connectivity index (χ0v) is 12.6. The van der Waals surface area contributed by atoms with Crippen molar-refractivity contribution in [1.82, 2.24) is 10.3 Å². The second kappa shape index (κ2) is 7.23. The van der Waals surface area contributed by atoms with Crippen molar-refractivity contribution >= 4 is 23.2 Å². The summed E-state index contributed by atoms with van der Waals surface area (Å²) in [5.74, 6) is -0.222. The van der Waals surface area contributed by atoms with E-state index in [0.29, 0.717) is 23.0 Å². The molecule has 6 heteroatoms. The zero-order valence-electron chi connectivity index (χ0n) is 11.8. The molecule has 0 atom stereocenters. The first-order chi connectivity index (χ1) is 8.90. The molecule has 0 aliphatic carbocycles. The fourth-order valence-corrected chi connectivity index (χ4v) is 2.28. The molecule has 0 fully saturated rings. The Morgan fingerprint density at radius 1 is 1.37 bits per heavy atom. The lowest BCUT2D eigenvalue weighted by atomic mass is 10.1. The van der Waals surface area contributed by atoms with E-state index < -0.39 is 5.97 Å². The number of aryl methyl sites for hydroxylation is 2. The van der Waals surface area contributed by atoms with E-state index in [1.165, 1.54) is 11.3 Å². The number of hydrogen-bond acceptors (Lipinski definition) is 5. The van der Waals surface area contributed by atoms with Crippen molar-refractivity contribution in [3.05, 3.63) is 15.6 Å². The minimum Gasteiger partial charge on any atom is -0.451 e. The Bertz CT molecular complexity index is 455. The second-order valence-corrected chi connectivity index (χ2v) is 5.96. The Morgan fingerprint density at radius 3 is 2.58 bits per heavy atom. The van der Waals surface area contributed by atoms with Crippen LogP contribution in [0.5, 0.6) is 0 Å². The lowest BCUT2D eigenvalue weighted by Crippen LogP contribution is -2.30. The van der Waals surface area contributed by atoms with E-state index in [9.17, 15) is 9.59 Å². The van der Waals surface area contributed by atoms with Gasteiger partial charge in [0.15, 0.2) is 6.61 Å². The number of hydrogen-bond donors (Lipinski definition) is 1. The van der Waals surface area contributed by atoms with Gasteiger partial charge in [0.05, 0.1) is 10.7 Å². The Balaban J connectivity index is 2.34. The van der Waals surface area contributed by atoms with Gasteiger partial charge < -0.3 is 10.1 Å². The van der Waals surface area contributed by atoms with Gasteiger partial charge in [-0.05, 0) is 26.2 Å². The topological polar surface area (TPSA) is 68.3 Å². The summed E-state index contributed by atoms with van der Waals surface area (Å²) in [4.78, 5) is 27.8. The van der Waals surface area contributed by atoms with Crippen LogP contribution in [0.3, 0.4) is 0 Å². The third-order valence-electron chi connectivity index (χ3n) is 2.47. The number of ether oxygens (including phenoxy) is 1. The van der Waals surface area contributed by atoms with Crippen molar-refractivity contribution in [3.8, 4) is 0 Å². The summed E-state index contributed by atoms with van der Waals surface area (Å²) < 4.78 is 4.96. The fraction of sp³-hybridized carbons (Fsp3) is 0.615. The second-order valence-electron chi connectivity index (χ2n) is 4.76. The van der Waals surface area contributed by atoms with Crippen molar-refractivity contribution in [2.75, 3.05) is 13.2 Å². The number of aromatic nitrogens is 1. The van der Waals surface area contributed by atoms with Crippen LogP contribution in [0.15, 0.2) is 0 Å². The molecule has 0 aliphatic heterocycles. The van der Waals surface area contributed by atoms with Gasteiger partial charge in [-0.2, -0.15) is 0 Å².